The zero-order valence-corrected chi connectivity index (χ0v) is 9.86. The third-order valence-electron chi connectivity index (χ3n) is 2.36. The first-order valence-corrected chi connectivity index (χ1v) is 5.02. The molecule has 0 aromatic heterocycles. The standard InChI is InChI=1S/C9H14B3NO3/c1-7(2,3)16-6(14)13-4-8(15,5-13)9(10,11)12/h15H,4-5H2,1-3H3. The average molecular weight is 217 g/mol. The lowest BCUT2D eigenvalue weighted by atomic mass is 9.35. The second kappa shape index (κ2) is 3.72. The maximum absolute atomic E-state index is 11.5. The number of ether oxygens (including phenoxy) is 1. The highest BCUT2D eigenvalue weighted by Crippen LogP contribution is 2.37. The fraction of sp³-hybridized carbons (Fsp3) is 0.889. The second-order valence-corrected chi connectivity index (χ2v) is 5.30. The third-order valence-corrected chi connectivity index (χ3v) is 2.36. The summed E-state index contributed by atoms with van der Waals surface area (Å²) in [6.07, 6.45) is -0.513. The topological polar surface area (TPSA) is 49.8 Å². The first-order chi connectivity index (χ1) is 6.95. The number of aliphatic hydroxyl groups is 1. The third kappa shape index (κ3) is 2.76. The Bertz CT molecular complexity index is 289. The maximum Gasteiger partial charge on any atom is 0.410 e. The van der Waals surface area contributed by atoms with E-state index in [0.29, 0.717) is 0 Å². The van der Waals surface area contributed by atoms with E-state index in [2.05, 4.69) is 0 Å². The normalized spacial score (nSPS) is 20.1. The van der Waals surface area contributed by atoms with Crippen molar-refractivity contribution in [3.63, 3.8) is 0 Å². The fourth-order valence-corrected chi connectivity index (χ4v) is 1.31. The van der Waals surface area contributed by atoms with Gasteiger partial charge in [0.05, 0.1) is 42.2 Å². The van der Waals surface area contributed by atoms with Crippen molar-refractivity contribution >= 4 is 29.6 Å². The summed E-state index contributed by atoms with van der Waals surface area (Å²) in [6, 6.07) is 0. The van der Waals surface area contributed by atoms with Gasteiger partial charge in [-0.2, -0.15) is 0 Å². The molecule has 0 spiro atoms. The van der Waals surface area contributed by atoms with Gasteiger partial charge in [-0.3, -0.25) is 0 Å². The lowest BCUT2D eigenvalue weighted by molar-refractivity contribution is -0.0971. The Kier molecular flexibility index (Phi) is 3.14. The summed E-state index contributed by atoms with van der Waals surface area (Å²) in [4.78, 5) is 12.8. The van der Waals surface area contributed by atoms with E-state index in [9.17, 15) is 9.90 Å². The number of likely N-dealkylation sites (tertiary alicyclic amines) is 1. The summed E-state index contributed by atoms with van der Waals surface area (Å²) in [5.41, 5.74) is -2.03. The number of rotatable bonds is 1. The molecule has 1 fully saturated rings. The Balaban J connectivity index is 2.51. The minimum absolute atomic E-state index is 0.0224. The molecule has 1 heterocycles. The van der Waals surface area contributed by atoms with Gasteiger partial charge < -0.3 is 14.7 Å². The van der Waals surface area contributed by atoms with Gasteiger partial charge in [-0.05, 0) is 20.8 Å². The van der Waals surface area contributed by atoms with E-state index >= 15 is 0 Å². The molecule has 1 amide bonds. The number of hydrogen-bond donors (Lipinski definition) is 1. The first kappa shape index (κ1) is 13.5. The van der Waals surface area contributed by atoms with Gasteiger partial charge in [-0.1, -0.05) is 5.11 Å². The molecule has 0 aromatic rings. The number of carbonyl (C=O) groups is 1. The largest absolute Gasteiger partial charge is 0.444 e. The van der Waals surface area contributed by atoms with Crippen LogP contribution in [0.3, 0.4) is 0 Å². The van der Waals surface area contributed by atoms with Gasteiger partial charge in [0.15, 0.2) is 0 Å². The predicted octanol–water partition coefficient (Wildman–Crippen LogP) is -0.453. The van der Waals surface area contributed by atoms with E-state index in [1.165, 1.54) is 4.90 Å². The van der Waals surface area contributed by atoms with Crippen molar-refractivity contribution in [2.45, 2.75) is 37.1 Å². The predicted molar refractivity (Wildman–Crippen MR) is 62.7 cm³/mol. The van der Waals surface area contributed by atoms with Crippen LogP contribution in [0.2, 0.25) is 5.11 Å². The number of nitrogens with zero attached hydrogens (tertiary/aromatic N) is 1. The smallest absolute Gasteiger partial charge is 0.410 e. The fourth-order valence-electron chi connectivity index (χ4n) is 1.31. The van der Waals surface area contributed by atoms with E-state index in [1.54, 1.807) is 20.8 Å². The molecule has 1 aliphatic heterocycles. The van der Waals surface area contributed by atoms with Gasteiger partial charge in [-0.15, -0.1) is 0 Å². The van der Waals surface area contributed by atoms with Gasteiger partial charge in [0.2, 0.25) is 0 Å². The van der Waals surface area contributed by atoms with Crippen molar-refractivity contribution in [2.24, 2.45) is 0 Å². The minimum atomic E-state index is -1.72. The van der Waals surface area contributed by atoms with E-state index in [4.69, 9.17) is 28.3 Å². The zero-order chi connectivity index (χ0) is 12.8. The quantitative estimate of drug-likeness (QED) is 0.604. The van der Waals surface area contributed by atoms with E-state index in [0.717, 1.165) is 0 Å². The molecule has 7 heteroatoms. The van der Waals surface area contributed by atoms with Crippen molar-refractivity contribution in [2.75, 3.05) is 13.1 Å². The summed E-state index contributed by atoms with van der Waals surface area (Å²) < 4.78 is 5.10. The Morgan fingerprint density at radius 3 is 2.06 bits per heavy atom. The monoisotopic (exact) mass is 217 g/mol. The Labute approximate surface area is 99.9 Å². The van der Waals surface area contributed by atoms with Crippen LogP contribution in [0.4, 0.5) is 4.79 Å². The molecule has 4 nitrogen and oxygen atoms in total. The van der Waals surface area contributed by atoms with Crippen LogP contribution in [-0.2, 0) is 4.74 Å². The van der Waals surface area contributed by atoms with Crippen molar-refractivity contribution in [3.05, 3.63) is 0 Å². The van der Waals surface area contributed by atoms with Crippen LogP contribution in [0.15, 0.2) is 0 Å². The summed E-state index contributed by atoms with van der Waals surface area (Å²) in [6.45, 7) is 5.23. The van der Waals surface area contributed by atoms with E-state index < -0.39 is 22.4 Å². The van der Waals surface area contributed by atoms with Gasteiger partial charge >= 0.3 is 6.09 Å². The summed E-state index contributed by atoms with van der Waals surface area (Å²) in [5.74, 6) is 0. The SMILES string of the molecule is [B]C([B])([B])C1(O)CN(C(=O)OC(C)(C)C)C1. The molecule has 82 valence electrons. The van der Waals surface area contributed by atoms with Crippen LogP contribution in [0, 0.1) is 0 Å². The Hall–Kier alpha value is -0.575. The molecule has 16 heavy (non-hydrogen) atoms. The lowest BCUT2D eigenvalue weighted by Gasteiger charge is -2.54. The highest BCUT2D eigenvalue weighted by Gasteiger charge is 2.51. The first-order valence-electron chi connectivity index (χ1n) is 5.02. The molecule has 1 N–H and O–H groups in total. The van der Waals surface area contributed by atoms with Crippen LogP contribution in [-0.4, -0.2) is 63.9 Å². The second-order valence-electron chi connectivity index (χ2n) is 5.30. The Morgan fingerprint density at radius 1 is 1.31 bits per heavy atom. The van der Waals surface area contributed by atoms with Crippen LogP contribution >= 0.6 is 0 Å². The molecule has 0 unspecified atom stereocenters. The summed E-state index contributed by atoms with van der Waals surface area (Å²) >= 11 is 0. The molecule has 0 aromatic carbocycles. The molecule has 6 radical (unpaired) electrons. The van der Waals surface area contributed by atoms with Crippen molar-refractivity contribution in [1.29, 1.82) is 0 Å². The Morgan fingerprint density at radius 2 is 1.75 bits per heavy atom. The van der Waals surface area contributed by atoms with Crippen molar-refractivity contribution in [3.8, 4) is 0 Å². The molecule has 1 rings (SSSR count). The minimum Gasteiger partial charge on any atom is -0.444 e. The number of carbonyl (C=O) groups excluding carboxylic acids is 1. The van der Waals surface area contributed by atoms with Gasteiger partial charge in [0.25, 0.3) is 0 Å². The molecular weight excluding hydrogens is 203 g/mol. The molecule has 1 aliphatic rings. The van der Waals surface area contributed by atoms with Crippen LogP contribution in [0.1, 0.15) is 20.8 Å². The molecule has 0 atom stereocenters. The molecule has 0 aliphatic carbocycles. The van der Waals surface area contributed by atoms with Crippen LogP contribution < -0.4 is 0 Å². The van der Waals surface area contributed by atoms with Crippen LogP contribution in [0.25, 0.3) is 0 Å². The number of amides is 1. The zero-order valence-electron chi connectivity index (χ0n) is 9.86. The van der Waals surface area contributed by atoms with Gasteiger partial charge in [-0.25, -0.2) is 4.79 Å². The van der Waals surface area contributed by atoms with Crippen LogP contribution in [0.5, 0.6) is 0 Å². The molecule has 0 bridgehead atoms. The average Bonchev–Trinajstić information content (AvgIpc) is 1.92. The summed E-state index contributed by atoms with van der Waals surface area (Å²) in [5, 5.41) is 8.12. The molecule has 1 saturated heterocycles. The molecule has 0 saturated carbocycles. The number of hydrogen-bond acceptors (Lipinski definition) is 3. The van der Waals surface area contributed by atoms with Gasteiger partial charge in [0.1, 0.15) is 5.60 Å². The highest BCUT2D eigenvalue weighted by molar-refractivity contribution is 6.60. The molecular formula is C9H14B3NO3. The maximum atomic E-state index is 11.5. The van der Waals surface area contributed by atoms with Crippen molar-refractivity contribution < 1.29 is 14.6 Å². The van der Waals surface area contributed by atoms with Gasteiger partial charge in [0, 0.05) is 0 Å². The lowest BCUT2D eigenvalue weighted by Crippen LogP contribution is -2.69. The summed E-state index contributed by atoms with van der Waals surface area (Å²) in [7, 11) is 16.2. The van der Waals surface area contributed by atoms with E-state index in [-0.39, 0.29) is 13.1 Å². The highest BCUT2D eigenvalue weighted by atomic mass is 16.6. The number of β-amino-alcohol motifs (C(OH)–C–C–N with tert-alkyl or cyclic N) is 1. The van der Waals surface area contributed by atoms with E-state index in [1.807, 2.05) is 0 Å². The van der Waals surface area contributed by atoms with Crippen molar-refractivity contribution in [1.82, 2.24) is 4.90 Å².